The number of benzene rings is 1. The molecule has 2 fully saturated rings. The monoisotopic (exact) mass is 471 g/mol. The molecule has 0 saturated carbocycles. The van der Waals surface area contributed by atoms with Crippen LogP contribution in [-0.4, -0.2) is 83.4 Å². The Balaban J connectivity index is 1.21. The number of nitrogens with one attached hydrogen (secondary N) is 1. The van der Waals surface area contributed by atoms with Gasteiger partial charge in [-0.3, -0.25) is 9.88 Å². The Morgan fingerprint density at radius 1 is 1.06 bits per heavy atom. The van der Waals surface area contributed by atoms with Crippen LogP contribution in [0.3, 0.4) is 0 Å². The molecule has 4 aliphatic rings. The summed E-state index contributed by atoms with van der Waals surface area (Å²) in [6.45, 7) is 8.70. The fourth-order valence-corrected chi connectivity index (χ4v) is 4.78. The van der Waals surface area contributed by atoms with Gasteiger partial charge in [0.25, 0.3) is 0 Å². The first-order chi connectivity index (χ1) is 17.2. The van der Waals surface area contributed by atoms with Gasteiger partial charge in [0, 0.05) is 56.0 Å². The first-order valence-electron chi connectivity index (χ1n) is 12.0. The molecule has 0 spiro atoms. The van der Waals surface area contributed by atoms with Crippen LogP contribution in [0.4, 0.5) is 17.2 Å². The molecule has 10 heteroatoms. The number of rotatable bonds is 4. The first-order valence-corrected chi connectivity index (χ1v) is 12.0. The Morgan fingerprint density at radius 2 is 1.86 bits per heavy atom. The average Bonchev–Trinajstić information content (AvgIpc) is 2.86. The Morgan fingerprint density at radius 3 is 2.57 bits per heavy atom. The summed E-state index contributed by atoms with van der Waals surface area (Å²) in [7, 11) is 0. The second kappa shape index (κ2) is 9.12. The van der Waals surface area contributed by atoms with E-state index in [0.717, 1.165) is 62.3 Å². The highest BCUT2D eigenvalue weighted by Crippen LogP contribution is 2.28. The molecule has 35 heavy (non-hydrogen) atoms. The number of hydrogen-bond donors (Lipinski definition) is 2. The fourth-order valence-electron chi connectivity index (χ4n) is 4.78. The quantitative estimate of drug-likeness (QED) is 0.698. The smallest absolute Gasteiger partial charge is 0.176 e. The fraction of sp³-hybridized carbons (Fsp3) is 0.360. The number of amidine groups is 2. The van der Waals surface area contributed by atoms with Gasteiger partial charge in [-0.1, -0.05) is 0 Å². The van der Waals surface area contributed by atoms with Gasteiger partial charge in [0.1, 0.15) is 17.2 Å². The summed E-state index contributed by atoms with van der Waals surface area (Å²) in [6, 6.07) is 9.13. The molecule has 0 atom stereocenters. The SMILES string of the molecule is CC1=C(c2cncc(N)n2)N=C(Nc2ccc(N3CCN(C4COC4)CC3)cc2)C2=NC=CCN21. The molecule has 0 bridgehead atoms. The largest absolute Gasteiger partial charge is 0.382 e. The van der Waals surface area contributed by atoms with Crippen LogP contribution in [0.15, 0.2) is 64.6 Å². The van der Waals surface area contributed by atoms with Crippen LogP contribution in [-0.2, 0) is 4.74 Å². The molecule has 180 valence electrons. The van der Waals surface area contributed by atoms with Crippen molar-refractivity contribution in [3.05, 3.63) is 60.3 Å². The lowest BCUT2D eigenvalue weighted by Gasteiger charge is -2.43. The van der Waals surface area contributed by atoms with E-state index in [1.807, 2.05) is 19.2 Å². The molecule has 0 amide bonds. The Hall–Kier alpha value is -3.76. The van der Waals surface area contributed by atoms with Crippen LogP contribution >= 0.6 is 0 Å². The number of nitrogens with zero attached hydrogens (tertiary/aromatic N) is 7. The van der Waals surface area contributed by atoms with E-state index in [9.17, 15) is 0 Å². The molecule has 0 unspecified atom stereocenters. The first kappa shape index (κ1) is 21.8. The van der Waals surface area contributed by atoms with Crippen molar-refractivity contribution in [1.82, 2.24) is 19.8 Å². The maximum absolute atomic E-state index is 5.89. The van der Waals surface area contributed by atoms with Gasteiger partial charge in [0.2, 0.25) is 0 Å². The van der Waals surface area contributed by atoms with Crippen molar-refractivity contribution in [3.8, 4) is 0 Å². The molecule has 1 aromatic carbocycles. The number of aliphatic imine (C=N–C) groups is 2. The standard InChI is InChI=1S/C25H29N9O/c1-17-23(21-13-27-14-22(26)30-21)31-24(25-28-7-2-8-34(17)25)29-18-3-5-19(6-4-18)32-9-11-33(12-10-32)20-15-35-16-20/h2-7,13-14,20H,8-12,15-16H2,1H3,(H2,26,30)(H,29,31). The van der Waals surface area contributed by atoms with E-state index in [-0.39, 0.29) is 0 Å². The number of nitrogen functional groups attached to an aromatic ring is 1. The van der Waals surface area contributed by atoms with E-state index >= 15 is 0 Å². The second-order valence-electron chi connectivity index (χ2n) is 9.06. The number of ether oxygens (including phenoxy) is 1. The van der Waals surface area contributed by atoms with Gasteiger partial charge in [-0.05, 0) is 37.3 Å². The maximum atomic E-state index is 5.89. The molecule has 4 aliphatic heterocycles. The predicted molar refractivity (Wildman–Crippen MR) is 138 cm³/mol. The molecule has 6 rings (SSSR count). The zero-order chi connectivity index (χ0) is 23.8. The van der Waals surface area contributed by atoms with Crippen molar-refractivity contribution in [2.75, 3.05) is 61.9 Å². The molecule has 1 aromatic heterocycles. The van der Waals surface area contributed by atoms with Crippen LogP contribution in [0.2, 0.25) is 0 Å². The Bertz CT molecular complexity index is 1220. The summed E-state index contributed by atoms with van der Waals surface area (Å²) in [5.41, 5.74) is 10.4. The molecule has 10 nitrogen and oxygen atoms in total. The normalized spacial score (nSPS) is 20.8. The minimum atomic E-state index is 0.364. The summed E-state index contributed by atoms with van der Waals surface area (Å²) in [5, 5.41) is 3.47. The Labute approximate surface area is 204 Å². The van der Waals surface area contributed by atoms with Gasteiger partial charge in [-0.2, -0.15) is 0 Å². The minimum Gasteiger partial charge on any atom is -0.382 e. The molecular formula is C25H29N9O. The Kier molecular flexibility index (Phi) is 5.67. The number of aromatic nitrogens is 2. The summed E-state index contributed by atoms with van der Waals surface area (Å²) in [4.78, 5) is 25.2. The van der Waals surface area contributed by atoms with E-state index in [1.165, 1.54) is 11.9 Å². The highest BCUT2D eigenvalue weighted by molar-refractivity contribution is 6.46. The number of hydrogen-bond acceptors (Lipinski definition) is 10. The predicted octanol–water partition coefficient (Wildman–Crippen LogP) is 2.02. The van der Waals surface area contributed by atoms with Crippen molar-refractivity contribution in [1.29, 1.82) is 0 Å². The minimum absolute atomic E-state index is 0.364. The molecule has 2 saturated heterocycles. The highest BCUT2D eigenvalue weighted by atomic mass is 16.5. The third-order valence-corrected chi connectivity index (χ3v) is 6.87. The summed E-state index contributed by atoms with van der Waals surface area (Å²) < 4.78 is 5.35. The van der Waals surface area contributed by atoms with E-state index < -0.39 is 0 Å². The van der Waals surface area contributed by atoms with Gasteiger partial charge >= 0.3 is 0 Å². The zero-order valence-electron chi connectivity index (χ0n) is 19.8. The third-order valence-electron chi connectivity index (χ3n) is 6.87. The number of fused-ring (bicyclic) bond motifs is 1. The molecule has 0 radical (unpaired) electrons. The lowest BCUT2D eigenvalue weighted by Crippen LogP contribution is -2.56. The summed E-state index contributed by atoms with van der Waals surface area (Å²) in [6.07, 6.45) is 7.06. The third kappa shape index (κ3) is 4.26. The van der Waals surface area contributed by atoms with Crippen molar-refractivity contribution in [2.24, 2.45) is 9.98 Å². The average molecular weight is 472 g/mol. The van der Waals surface area contributed by atoms with Gasteiger partial charge in [-0.25, -0.2) is 15.0 Å². The number of allylic oxidation sites excluding steroid dienone is 1. The molecule has 3 N–H and O–H groups in total. The second-order valence-corrected chi connectivity index (χ2v) is 9.06. The van der Waals surface area contributed by atoms with Crippen molar-refractivity contribution in [3.63, 3.8) is 0 Å². The molecule has 0 aliphatic carbocycles. The van der Waals surface area contributed by atoms with Crippen molar-refractivity contribution >= 4 is 34.6 Å². The van der Waals surface area contributed by atoms with Gasteiger partial charge < -0.3 is 25.6 Å². The number of anilines is 3. The van der Waals surface area contributed by atoms with Gasteiger partial charge in [0.05, 0.1) is 31.6 Å². The van der Waals surface area contributed by atoms with E-state index in [0.29, 0.717) is 29.9 Å². The number of piperazine rings is 1. The van der Waals surface area contributed by atoms with E-state index in [4.69, 9.17) is 15.5 Å². The summed E-state index contributed by atoms with van der Waals surface area (Å²) >= 11 is 0. The van der Waals surface area contributed by atoms with Crippen molar-refractivity contribution < 1.29 is 4.74 Å². The van der Waals surface area contributed by atoms with Crippen LogP contribution in [0.1, 0.15) is 12.6 Å². The van der Waals surface area contributed by atoms with E-state index in [1.54, 1.807) is 6.20 Å². The number of nitrogens with two attached hydrogens (primary N) is 1. The molecule has 5 heterocycles. The van der Waals surface area contributed by atoms with Crippen LogP contribution in [0.5, 0.6) is 0 Å². The molecular weight excluding hydrogens is 442 g/mol. The zero-order valence-corrected chi connectivity index (χ0v) is 19.8. The van der Waals surface area contributed by atoms with E-state index in [2.05, 4.69) is 59.2 Å². The summed E-state index contributed by atoms with van der Waals surface area (Å²) in [5.74, 6) is 1.82. The van der Waals surface area contributed by atoms with Crippen molar-refractivity contribution in [2.45, 2.75) is 13.0 Å². The highest BCUT2D eigenvalue weighted by Gasteiger charge is 2.30. The molecule has 2 aromatic rings. The van der Waals surface area contributed by atoms with Crippen LogP contribution in [0, 0.1) is 0 Å². The van der Waals surface area contributed by atoms with Gasteiger partial charge in [-0.15, -0.1) is 0 Å². The maximum Gasteiger partial charge on any atom is 0.176 e. The van der Waals surface area contributed by atoms with Gasteiger partial charge in [0.15, 0.2) is 11.7 Å². The topological polar surface area (TPSA) is 107 Å². The van der Waals surface area contributed by atoms with Crippen LogP contribution < -0.4 is 16.0 Å². The van der Waals surface area contributed by atoms with Crippen LogP contribution in [0.25, 0.3) is 5.70 Å². The lowest BCUT2D eigenvalue weighted by molar-refractivity contribution is -0.0660. The lowest BCUT2D eigenvalue weighted by atomic mass is 10.1.